The quantitative estimate of drug-likeness (QED) is 0.911. The smallest absolute Gasteiger partial charge is 0.327 e. The SMILES string of the molecule is CC(=O)N1C(C(=O)O)C(C)(C)S[C@H]1c1ccc(F)cc1. The molecule has 1 fully saturated rings. The van der Waals surface area contributed by atoms with E-state index in [2.05, 4.69) is 0 Å². The zero-order valence-electron chi connectivity index (χ0n) is 11.5. The van der Waals surface area contributed by atoms with Gasteiger partial charge in [0.2, 0.25) is 5.91 Å². The minimum atomic E-state index is -1.03. The summed E-state index contributed by atoms with van der Waals surface area (Å²) in [5.41, 5.74) is 0.725. The normalized spacial score (nSPS) is 24.7. The second-order valence-corrected chi connectivity index (χ2v) is 7.03. The number of carbonyl (C=O) groups is 2. The van der Waals surface area contributed by atoms with Gasteiger partial charge in [-0.2, -0.15) is 0 Å². The fourth-order valence-electron chi connectivity index (χ4n) is 2.50. The lowest BCUT2D eigenvalue weighted by Gasteiger charge is -2.28. The summed E-state index contributed by atoms with van der Waals surface area (Å²) in [6, 6.07) is 4.90. The highest BCUT2D eigenvalue weighted by Crippen LogP contribution is 2.52. The Kier molecular flexibility index (Phi) is 3.77. The molecule has 1 aliphatic heterocycles. The third kappa shape index (κ3) is 2.52. The lowest BCUT2D eigenvalue weighted by molar-refractivity contribution is -0.150. The molecule has 1 unspecified atom stereocenters. The molecule has 0 radical (unpaired) electrons. The Morgan fingerprint density at radius 3 is 2.30 bits per heavy atom. The highest BCUT2D eigenvalue weighted by Gasteiger charge is 2.52. The van der Waals surface area contributed by atoms with Crippen molar-refractivity contribution >= 4 is 23.6 Å². The second-order valence-electron chi connectivity index (χ2n) is 5.29. The van der Waals surface area contributed by atoms with Gasteiger partial charge in [0.15, 0.2) is 0 Å². The molecule has 0 spiro atoms. The van der Waals surface area contributed by atoms with E-state index >= 15 is 0 Å². The molecule has 1 aromatic rings. The molecule has 0 saturated carbocycles. The standard InChI is InChI=1S/C14H16FNO3S/c1-8(17)16-11(13(18)19)14(2,3)20-12(16)9-4-6-10(15)7-5-9/h4-7,11-12H,1-3H3,(H,18,19)/t11?,12-/m0/s1. The summed E-state index contributed by atoms with van der Waals surface area (Å²) in [6.45, 7) is 4.96. The molecule has 1 saturated heterocycles. The zero-order chi connectivity index (χ0) is 15.1. The molecule has 0 bridgehead atoms. The monoisotopic (exact) mass is 297 g/mol. The van der Waals surface area contributed by atoms with E-state index in [1.807, 2.05) is 0 Å². The number of nitrogens with zero attached hydrogens (tertiary/aromatic N) is 1. The van der Waals surface area contributed by atoms with Crippen molar-refractivity contribution in [1.82, 2.24) is 4.90 Å². The average molecular weight is 297 g/mol. The first-order chi connectivity index (χ1) is 9.24. The number of hydrogen-bond acceptors (Lipinski definition) is 3. The molecule has 1 aliphatic rings. The van der Waals surface area contributed by atoms with Crippen LogP contribution in [-0.2, 0) is 9.59 Å². The van der Waals surface area contributed by atoms with Gasteiger partial charge in [-0.25, -0.2) is 9.18 Å². The number of benzene rings is 1. The number of halogens is 1. The summed E-state index contributed by atoms with van der Waals surface area (Å²) >= 11 is 1.40. The molecular weight excluding hydrogens is 281 g/mol. The molecule has 1 aromatic carbocycles. The highest BCUT2D eigenvalue weighted by molar-refractivity contribution is 8.01. The van der Waals surface area contributed by atoms with Crippen molar-refractivity contribution in [3.8, 4) is 0 Å². The minimum Gasteiger partial charge on any atom is -0.480 e. The number of thioether (sulfide) groups is 1. The molecule has 4 nitrogen and oxygen atoms in total. The summed E-state index contributed by atoms with van der Waals surface area (Å²) in [5.74, 6) is -1.69. The van der Waals surface area contributed by atoms with Crippen LogP contribution in [0, 0.1) is 5.82 Å². The lowest BCUT2D eigenvalue weighted by Crippen LogP contribution is -2.48. The van der Waals surface area contributed by atoms with Crippen molar-refractivity contribution in [3.63, 3.8) is 0 Å². The van der Waals surface area contributed by atoms with Gasteiger partial charge in [0.1, 0.15) is 17.2 Å². The van der Waals surface area contributed by atoms with Gasteiger partial charge in [-0.05, 0) is 31.5 Å². The van der Waals surface area contributed by atoms with Gasteiger partial charge in [0, 0.05) is 11.7 Å². The lowest BCUT2D eigenvalue weighted by atomic mass is 10.0. The second kappa shape index (κ2) is 5.09. The number of carboxylic acids is 1. The van der Waals surface area contributed by atoms with Crippen LogP contribution < -0.4 is 0 Å². The number of aliphatic carboxylic acids is 1. The molecule has 0 aromatic heterocycles. The molecule has 20 heavy (non-hydrogen) atoms. The molecule has 6 heteroatoms. The van der Waals surface area contributed by atoms with E-state index in [-0.39, 0.29) is 11.7 Å². The Balaban J connectivity index is 2.45. The maximum Gasteiger partial charge on any atom is 0.327 e. The molecule has 1 N–H and O–H groups in total. The van der Waals surface area contributed by atoms with Crippen LogP contribution in [0.1, 0.15) is 31.7 Å². The molecule has 1 heterocycles. The number of rotatable bonds is 2. The Bertz CT molecular complexity index is 544. The molecule has 108 valence electrons. The molecule has 2 atom stereocenters. The van der Waals surface area contributed by atoms with Crippen LogP contribution in [0.4, 0.5) is 4.39 Å². The van der Waals surface area contributed by atoms with E-state index in [0.29, 0.717) is 0 Å². The maximum atomic E-state index is 13.0. The highest BCUT2D eigenvalue weighted by atomic mass is 32.2. The van der Waals surface area contributed by atoms with E-state index in [9.17, 15) is 19.1 Å². The fraction of sp³-hybridized carbons (Fsp3) is 0.429. The number of hydrogen-bond donors (Lipinski definition) is 1. The summed E-state index contributed by atoms with van der Waals surface area (Å²) in [7, 11) is 0. The third-order valence-electron chi connectivity index (χ3n) is 3.36. The van der Waals surface area contributed by atoms with Crippen molar-refractivity contribution in [1.29, 1.82) is 0 Å². The summed E-state index contributed by atoms with van der Waals surface area (Å²) < 4.78 is 12.4. The Hall–Kier alpha value is -1.56. The Morgan fingerprint density at radius 2 is 1.85 bits per heavy atom. The van der Waals surface area contributed by atoms with Gasteiger partial charge in [0.25, 0.3) is 0 Å². The van der Waals surface area contributed by atoms with Crippen molar-refractivity contribution in [3.05, 3.63) is 35.6 Å². The largest absolute Gasteiger partial charge is 0.480 e. The van der Waals surface area contributed by atoms with Crippen LogP contribution >= 0.6 is 11.8 Å². The summed E-state index contributed by atoms with van der Waals surface area (Å²) in [4.78, 5) is 24.7. The molecule has 0 aliphatic carbocycles. The Labute approximate surface area is 121 Å². The van der Waals surface area contributed by atoms with Gasteiger partial charge >= 0.3 is 5.97 Å². The van der Waals surface area contributed by atoms with Gasteiger partial charge in [-0.3, -0.25) is 4.79 Å². The van der Waals surface area contributed by atoms with Crippen molar-refractivity contribution in [2.24, 2.45) is 0 Å². The van der Waals surface area contributed by atoms with Gasteiger partial charge in [-0.1, -0.05) is 12.1 Å². The molecule has 2 rings (SSSR count). The topological polar surface area (TPSA) is 57.6 Å². The third-order valence-corrected chi connectivity index (χ3v) is 4.91. The molecular formula is C14H16FNO3S. The maximum absolute atomic E-state index is 13.0. The predicted molar refractivity (Wildman–Crippen MR) is 74.8 cm³/mol. The first-order valence-electron chi connectivity index (χ1n) is 6.19. The van der Waals surface area contributed by atoms with E-state index in [1.54, 1.807) is 26.0 Å². The molecule has 1 amide bonds. The van der Waals surface area contributed by atoms with E-state index in [4.69, 9.17) is 0 Å². The minimum absolute atomic E-state index is 0.301. The van der Waals surface area contributed by atoms with Crippen LogP contribution in [0.3, 0.4) is 0 Å². The fourth-order valence-corrected chi connectivity index (χ4v) is 4.09. The number of carbonyl (C=O) groups excluding carboxylic acids is 1. The van der Waals surface area contributed by atoms with Crippen molar-refractivity contribution in [2.45, 2.75) is 36.9 Å². The van der Waals surface area contributed by atoms with Gasteiger partial charge < -0.3 is 10.0 Å². The zero-order valence-corrected chi connectivity index (χ0v) is 12.3. The van der Waals surface area contributed by atoms with Crippen LogP contribution in [-0.4, -0.2) is 32.7 Å². The van der Waals surface area contributed by atoms with Crippen molar-refractivity contribution < 1.29 is 19.1 Å². The van der Waals surface area contributed by atoms with E-state index in [1.165, 1.54) is 35.7 Å². The predicted octanol–water partition coefficient (Wildman–Crippen LogP) is 2.65. The first kappa shape index (κ1) is 14.8. The summed E-state index contributed by atoms with van der Waals surface area (Å²) in [5, 5.41) is 9.00. The van der Waals surface area contributed by atoms with E-state index in [0.717, 1.165) is 5.56 Å². The van der Waals surface area contributed by atoms with Gasteiger partial charge in [-0.15, -0.1) is 11.8 Å². The van der Waals surface area contributed by atoms with Crippen LogP contribution in [0.25, 0.3) is 0 Å². The van der Waals surface area contributed by atoms with Gasteiger partial charge in [0.05, 0.1) is 0 Å². The Morgan fingerprint density at radius 1 is 1.30 bits per heavy atom. The first-order valence-corrected chi connectivity index (χ1v) is 7.07. The van der Waals surface area contributed by atoms with Crippen LogP contribution in [0.15, 0.2) is 24.3 Å². The van der Waals surface area contributed by atoms with E-state index < -0.39 is 22.1 Å². The van der Waals surface area contributed by atoms with Crippen LogP contribution in [0.2, 0.25) is 0 Å². The van der Waals surface area contributed by atoms with Crippen LogP contribution in [0.5, 0.6) is 0 Å². The van der Waals surface area contributed by atoms with Crippen molar-refractivity contribution in [2.75, 3.05) is 0 Å². The number of carboxylic acid groups (broad SMARTS) is 1. The number of amides is 1. The average Bonchev–Trinajstić information content (AvgIpc) is 2.62. The summed E-state index contributed by atoms with van der Waals surface area (Å²) in [6.07, 6.45) is 0.